The monoisotopic (exact) mass is 611 g/mol. The molecule has 2 aromatic carbocycles. The van der Waals surface area contributed by atoms with Crippen LogP contribution in [0.4, 0.5) is 27.6 Å². The van der Waals surface area contributed by atoms with Gasteiger partial charge in [-0.05, 0) is 62.1 Å². The van der Waals surface area contributed by atoms with Gasteiger partial charge in [0, 0.05) is 42.5 Å². The van der Waals surface area contributed by atoms with Crippen LogP contribution in [0.25, 0.3) is 16.9 Å². The molecule has 1 saturated heterocycles. The van der Waals surface area contributed by atoms with Gasteiger partial charge in [-0.15, -0.1) is 0 Å². The van der Waals surface area contributed by atoms with Crippen LogP contribution < -0.4 is 10.5 Å². The fraction of sp³-hybridized carbons (Fsp3) is 0.290. The normalized spacial score (nSPS) is 15.7. The summed E-state index contributed by atoms with van der Waals surface area (Å²) >= 11 is 0. The van der Waals surface area contributed by atoms with Gasteiger partial charge >= 0.3 is 6.18 Å². The van der Waals surface area contributed by atoms with Crippen LogP contribution in [0.5, 0.6) is 0 Å². The van der Waals surface area contributed by atoms with Crippen LogP contribution in [0.2, 0.25) is 0 Å². The van der Waals surface area contributed by atoms with E-state index in [-0.39, 0.29) is 54.2 Å². The smallest absolute Gasteiger partial charge is 0.337 e. The Bertz CT molecular complexity index is 1850. The van der Waals surface area contributed by atoms with Gasteiger partial charge in [0.1, 0.15) is 11.6 Å². The average molecular weight is 612 g/mol. The van der Waals surface area contributed by atoms with Crippen LogP contribution in [0.3, 0.4) is 0 Å². The summed E-state index contributed by atoms with van der Waals surface area (Å²) in [6.07, 6.45) is -2.76. The zero-order chi connectivity index (χ0) is 31.5. The molecule has 0 aliphatic carbocycles. The third-order valence-corrected chi connectivity index (χ3v) is 8.24. The molecule has 0 saturated carbocycles. The summed E-state index contributed by atoms with van der Waals surface area (Å²) in [6.45, 7) is 3.68. The second-order valence-corrected chi connectivity index (χ2v) is 11.0. The summed E-state index contributed by atoms with van der Waals surface area (Å²) < 4.78 is 70.9. The van der Waals surface area contributed by atoms with Crippen molar-refractivity contribution in [1.82, 2.24) is 19.7 Å². The van der Waals surface area contributed by atoms with E-state index in [2.05, 4.69) is 10.1 Å². The number of aromatic amines is 1. The van der Waals surface area contributed by atoms with Gasteiger partial charge in [0.2, 0.25) is 11.5 Å². The van der Waals surface area contributed by atoms with Crippen LogP contribution in [0, 0.1) is 25.5 Å². The highest BCUT2D eigenvalue weighted by Crippen LogP contribution is 2.38. The molecule has 1 fully saturated rings. The number of benzene rings is 2. The zero-order valence-corrected chi connectivity index (χ0v) is 23.6. The van der Waals surface area contributed by atoms with Crippen molar-refractivity contribution in [3.63, 3.8) is 0 Å². The molecule has 8 nitrogen and oxygen atoms in total. The molecular weight excluding hydrogens is 585 g/mol. The van der Waals surface area contributed by atoms with Crippen LogP contribution in [-0.2, 0) is 17.4 Å². The second-order valence-electron chi connectivity index (χ2n) is 11.0. The lowest BCUT2D eigenvalue weighted by molar-refractivity contribution is -0.140. The first-order valence-corrected chi connectivity index (χ1v) is 13.9. The van der Waals surface area contributed by atoms with Crippen LogP contribution in [0.15, 0.2) is 53.5 Å². The molecule has 0 atom stereocenters. The Kier molecular flexibility index (Phi) is 7.13. The first kappa shape index (κ1) is 29.3. The van der Waals surface area contributed by atoms with E-state index in [1.165, 1.54) is 28.1 Å². The van der Waals surface area contributed by atoms with Crippen molar-refractivity contribution in [2.75, 3.05) is 18.0 Å². The Hall–Kier alpha value is -4.81. The molecule has 2 aromatic heterocycles. The summed E-state index contributed by atoms with van der Waals surface area (Å²) in [6, 6.07) is 8.16. The van der Waals surface area contributed by atoms with Gasteiger partial charge in [-0.25, -0.2) is 13.5 Å². The van der Waals surface area contributed by atoms with Gasteiger partial charge in [-0.1, -0.05) is 12.1 Å². The predicted octanol–water partition coefficient (Wildman–Crippen LogP) is 5.34. The molecular formula is C31H26F5N5O3. The number of alkyl halides is 3. The van der Waals surface area contributed by atoms with Gasteiger partial charge in [0.15, 0.2) is 5.69 Å². The third kappa shape index (κ3) is 4.95. The summed E-state index contributed by atoms with van der Waals surface area (Å²) in [4.78, 5) is 43.9. The Morgan fingerprint density at radius 1 is 1.00 bits per heavy atom. The molecule has 6 rings (SSSR count). The number of rotatable bonds is 4. The van der Waals surface area contributed by atoms with Crippen molar-refractivity contribution in [3.05, 3.63) is 98.6 Å². The first-order chi connectivity index (χ1) is 20.8. The minimum Gasteiger partial charge on any atom is -0.337 e. The molecule has 44 heavy (non-hydrogen) atoms. The number of nitrogens with one attached hydrogen (secondary N) is 1. The SMILES string of the molecule is Cc1ccc2c(c1F)N(C1CCN(C(=O)c3nn(-c4ccc(F)c(C(F)(F)F)c4)c(-c4ccc(=O)[nH]c4)c3C)CC1)C(=O)C2. The summed E-state index contributed by atoms with van der Waals surface area (Å²) in [5.41, 5.74) is 0.225. The number of nitrogens with zero attached hydrogens (tertiary/aromatic N) is 4. The number of pyridine rings is 1. The highest BCUT2D eigenvalue weighted by molar-refractivity contribution is 6.02. The third-order valence-electron chi connectivity index (χ3n) is 8.24. The van der Waals surface area contributed by atoms with Gasteiger partial charge in [0.05, 0.1) is 29.1 Å². The molecule has 0 bridgehead atoms. The van der Waals surface area contributed by atoms with E-state index in [1.807, 2.05) is 0 Å². The Balaban J connectivity index is 1.32. The highest BCUT2D eigenvalue weighted by Gasteiger charge is 2.39. The summed E-state index contributed by atoms with van der Waals surface area (Å²) in [7, 11) is 0. The number of piperidine rings is 1. The first-order valence-electron chi connectivity index (χ1n) is 13.9. The fourth-order valence-electron chi connectivity index (χ4n) is 5.99. The molecule has 2 aliphatic rings. The van der Waals surface area contributed by atoms with Gasteiger partial charge in [-0.2, -0.15) is 18.3 Å². The zero-order valence-electron chi connectivity index (χ0n) is 23.6. The van der Waals surface area contributed by atoms with Gasteiger partial charge in [0.25, 0.3) is 5.91 Å². The van der Waals surface area contributed by atoms with Crippen LogP contribution in [0.1, 0.15) is 45.6 Å². The Morgan fingerprint density at radius 2 is 1.73 bits per heavy atom. The van der Waals surface area contributed by atoms with Crippen molar-refractivity contribution in [3.8, 4) is 16.9 Å². The molecule has 4 aromatic rings. The Labute approximate surface area is 247 Å². The van der Waals surface area contributed by atoms with Crippen LogP contribution >= 0.6 is 0 Å². The van der Waals surface area contributed by atoms with E-state index in [9.17, 15) is 31.9 Å². The molecule has 0 radical (unpaired) electrons. The number of carbonyl (C=O) groups is 2. The van der Waals surface area contributed by atoms with E-state index in [4.69, 9.17) is 0 Å². The number of carbonyl (C=O) groups excluding carboxylic acids is 2. The van der Waals surface area contributed by atoms with Crippen molar-refractivity contribution in [2.24, 2.45) is 0 Å². The average Bonchev–Trinajstić information content (AvgIpc) is 3.51. The fourth-order valence-corrected chi connectivity index (χ4v) is 5.99. The van der Waals surface area contributed by atoms with Crippen LogP contribution in [-0.4, -0.2) is 50.6 Å². The number of aromatic nitrogens is 3. The molecule has 2 aliphatic heterocycles. The minimum atomic E-state index is -4.97. The molecule has 1 N–H and O–H groups in total. The van der Waals surface area contributed by atoms with Gasteiger partial charge in [-0.3, -0.25) is 14.4 Å². The highest BCUT2D eigenvalue weighted by atomic mass is 19.4. The molecule has 4 heterocycles. The lowest BCUT2D eigenvalue weighted by Crippen LogP contribution is -2.48. The largest absolute Gasteiger partial charge is 0.419 e. The van der Waals surface area contributed by atoms with Crippen molar-refractivity contribution < 1.29 is 31.5 Å². The van der Waals surface area contributed by atoms with Gasteiger partial charge < -0.3 is 14.8 Å². The lowest BCUT2D eigenvalue weighted by atomic mass is 10.0. The number of anilines is 1. The number of hydrogen-bond acceptors (Lipinski definition) is 4. The molecule has 0 spiro atoms. The van der Waals surface area contributed by atoms with E-state index >= 15 is 4.39 Å². The number of hydrogen-bond donors (Lipinski definition) is 1. The number of fused-ring (bicyclic) bond motifs is 1. The van der Waals surface area contributed by atoms with Crippen molar-refractivity contribution in [2.45, 2.75) is 45.3 Å². The molecule has 0 unspecified atom stereocenters. The number of aryl methyl sites for hydroxylation is 1. The van der Waals surface area contributed by atoms with E-state index in [0.717, 1.165) is 10.7 Å². The molecule has 13 heteroatoms. The van der Waals surface area contributed by atoms with E-state index in [0.29, 0.717) is 47.2 Å². The summed E-state index contributed by atoms with van der Waals surface area (Å²) in [5.74, 6) is -2.58. The number of likely N-dealkylation sites (tertiary alicyclic amines) is 1. The van der Waals surface area contributed by atoms with E-state index in [1.54, 1.807) is 26.0 Å². The number of halogens is 5. The van der Waals surface area contributed by atoms with E-state index < -0.39 is 34.8 Å². The lowest BCUT2D eigenvalue weighted by Gasteiger charge is -2.37. The second kappa shape index (κ2) is 10.7. The van der Waals surface area contributed by atoms with Crippen molar-refractivity contribution in [1.29, 1.82) is 0 Å². The summed E-state index contributed by atoms with van der Waals surface area (Å²) in [5, 5.41) is 4.40. The maximum Gasteiger partial charge on any atom is 0.419 e. The number of amides is 2. The van der Waals surface area contributed by atoms with Crippen molar-refractivity contribution >= 4 is 17.5 Å². The Morgan fingerprint density at radius 3 is 2.39 bits per heavy atom. The topological polar surface area (TPSA) is 91.3 Å². The maximum absolute atomic E-state index is 15.0. The molecule has 2 amide bonds. The minimum absolute atomic E-state index is 0.0354. The predicted molar refractivity (Wildman–Crippen MR) is 151 cm³/mol. The molecule has 228 valence electrons. The standard InChI is InChI=1S/C31H26F5N5O3/c1-16-3-4-18-13-25(43)40(29(18)26(16)33)20-9-11-39(12-10-20)30(44)27-17(2)28(19-5-8-24(42)37-15-19)41(38-27)21-6-7-23(32)22(14-21)31(34,35)36/h3-8,14-15,20H,9-13H2,1-2H3,(H,37,42). The number of H-pyrrole nitrogens is 1. The quantitative estimate of drug-likeness (QED) is 0.316. The maximum atomic E-state index is 15.0.